The van der Waals surface area contributed by atoms with Gasteiger partial charge in [0.2, 0.25) is 0 Å². The van der Waals surface area contributed by atoms with E-state index in [1.807, 2.05) is 0 Å². The first-order chi connectivity index (χ1) is 13.8. The molecule has 3 rings (SSSR count). The number of rotatable bonds is 7. The first-order valence-electron chi connectivity index (χ1n) is 8.61. The Morgan fingerprint density at radius 3 is 2.86 bits per heavy atom. The van der Waals surface area contributed by atoms with E-state index >= 15 is 0 Å². The molecule has 2 heterocycles. The van der Waals surface area contributed by atoms with Gasteiger partial charge in [0.25, 0.3) is 5.56 Å². The number of nitrogens with zero attached hydrogens (tertiary/aromatic N) is 4. The zero-order chi connectivity index (χ0) is 21.0. The number of anilines is 1. The van der Waals surface area contributed by atoms with Crippen molar-refractivity contribution in [1.29, 1.82) is 0 Å². The molecule has 0 aliphatic carbocycles. The van der Waals surface area contributed by atoms with E-state index in [9.17, 15) is 19.0 Å². The molecule has 3 N–H and O–H groups in total. The zero-order valence-corrected chi connectivity index (χ0v) is 16.2. The van der Waals surface area contributed by atoms with Gasteiger partial charge in [-0.05, 0) is 24.6 Å². The van der Waals surface area contributed by atoms with Crippen LogP contribution in [0.4, 0.5) is 5.69 Å². The molecule has 2 aromatic rings. The highest BCUT2D eigenvalue weighted by Crippen LogP contribution is 2.43. The molecule has 0 spiro atoms. The number of hydrogen-bond donors (Lipinski definition) is 3. The minimum Gasteiger partial charge on any atom is -0.352 e. The quantitative estimate of drug-likeness (QED) is 0.265. The van der Waals surface area contributed by atoms with Gasteiger partial charge in [0.15, 0.2) is 0 Å². The normalized spacial score (nSPS) is 23.2. The highest BCUT2D eigenvalue weighted by molar-refractivity contribution is 7.54. The van der Waals surface area contributed by atoms with Crippen LogP contribution in [0.3, 0.4) is 0 Å². The van der Waals surface area contributed by atoms with Crippen LogP contribution in [0.25, 0.3) is 10.4 Å². The van der Waals surface area contributed by atoms with Crippen LogP contribution in [0, 0.1) is 6.92 Å². The molecule has 29 heavy (non-hydrogen) atoms. The van der Waals surface area contributed by atoms with E-state index in [2.05, 4.69) is 20.1 Å². The Bertz CT molecular complexity index is 1080. The molecular weight excluding hydrogens is 403 g/mol. The first kappa shape index (κ1) is 20.8. The lowest BCUT2D eigenvalue weighted by Crippen LogP contribution is -2.33. The minimum absolute atomic E-state index is 0.130. The number of ether oxygens (including phenoxy) is 1. The molecule has 12 nitrogen and oxygen atoms in total. The maximum Gasteiger partial charge on any atom is 0.430 e. The molecule has 1 fully saturated rings. The van der Waals surface area contributed by atoms with Crippen LogP contribution in [0.1, 0.15) is 18.2 Å². The Hall–Kier alpha value is -2.88. The van der Waals surface area contributed by atoms with Crippen molar-refractivity contribution in [1.82, 2.24) is 9.55 Å². The summed E-state index contributed by atoms with van der Waals surface area (Å²) in [7, 11) is -4.21. The fraction of sp³-hybridized carbons (Fsp3) is 0.375. The van der Waals surface area contributed by atoms with E-state index in [0.29, 0.717) is 11.3 Å². The summed E-state index contributed by atoms with van der Waals surface area (Å²) in [5.74, 6) is 0. The third kappa shape index (κ3) is 5.14. The Labute approximate surface area is 164 Å². The van der Waals surface area contributed by atoms with E-state index in [1.165, 1.54) is 17.7 Å². The molecule has 2 unspecified atom stereocenters. The maximum atomic E-state index is 12.3. The smallest absolute Gasteiger partial charge is 0.352 e. The molecule has 0 bridgehead atoms. The summed E-state index contributed by atoms with van der Waals surface area (Å²) in [6, 6.07) is 7.60. The third-order valence-electron chi connectivity index (χ3n) is 4.32. The average Bonchev–Trinajstić information content (AvgIpc) is 3.06. The summed E-state index contributed by atoms with van der Waals surface area (Å²) in [4.78, 5) is 38.5. The molecule has 1 aromatic heterocycles. The number of aryl methyl sites for hydroxylation is 1. The van der Waals surface area contributed by atoms with Crippen LogP contribution in [0.2, 0.25) is 0 Å². The lowest BCUT2D eigenvalue weighted by atomic mass is 10.1. The summed E-state index contributed by atoms with van der Waals surface area (Å²) in [6.45, 7) is 1.18. The van der Waals surface area contributed by atoms with Crippen LogP contribution in [-0.2, 0) is 13.8 Å². The van der Waals surface area contributed by atoms with Crippen molar-refractivity contribution in [3.05, 3.63) is 73.4 Å². The van der Waals surface area contributed by atoms with Crippen molar-refractivity contribution in [2.24, 2.45) is 5.11 Å². The lowest BCUT2D eigenvalue weighted by Gasteiger charge is -2.19. The number of hydrogen-bond acceptors (Lipinski definition) is 6. The van der Waals surface area contributed by atoms with Crippen LogP contribution in [0.5, 0.6) is 0 Å². The van der Waals surface area contributed by atoms with Gasteiger partial charge in [0, 0.05) is 28.8 Å². The highest BCUT2D eigenvalue weighted by atomic mass is 31.2. The molecule has 1 saturated heterocycles. The zero-order valence-electron chi connectivity index (χ0n) is 15.3. The molecule has 13 heteroatoms. The number of aromatic nitrogens is 2. The van der Waals surface area contributed by atoms with Gasteiger partial charge in [-0.1, -0.05) is 23.3 Å². The van der Waals surface area contributed by atoms with Crippen LogP contribution < -0.4 is 16.3 Å². The van der Waals surface area contributed by atoms with Crippen molar-refractivity contribution in [2.75, 3.05) is 11.7 Å². The number of nitrogens with one attached hydrogen (secondary N) is 2. The van der Waals surface area contributed by atoms with Crippen molar-refractivity contribution < 1.29 is 18.7 Å². The number of para-hydroxylation sites is 1. The second-order valence-electron chi connectivity index (χ2n) is 6.41. The van der Waals surface area contributed by atoms with Gasteiger partial charge in [-0.25, -0.2) is 9.36 Å². The third-order valence-corrected chi connectivity index (χ3v) is 5.36. The number of H-pyrrole nitrogens is 1. The van der Waals surface area contributed by atoms with Crippen LogP contribution in [-0.4, -0.2) is 33.2 Å². The van der Waals surface area contributed by atoms with Gasteiger partial charge >= 0.3 is 13.4 Å². The monoisotopic (exact) mass is 422 g/mol. The largest absolute Gasteiger partial charge is 0.430 e. The van der Waals surface area contributed by atoms with E-state index in [4.69, 9.17) is 14.8 Å². The van der Waals surface area contributed by atoms with Gasteiger partial charge < -0.3 is 9.63 Å². The molecule has 0 saturated carbocycles. The molecular formula is C16H19N6O6P. The van der Waals surface area contributed by atoms with E-state index in [0.717, 1.165) is 0 Å². The first-order valence-corrected chi connectivity index (χ1v) is 10.2. The molecule has 0 amide bonds. The fourth-order valence-electron chi connectivity index (χ4n) is 2.91. The number of benzene rings is 1. The Morgan fingerprint density at radius 1 is 1.45 bits per heavy atom. The van der Waals surface area contributed by atoms with Gasteiger partial charge in [-0.2, -0.15) is 0 Å². The summed E-state index contributed by atoms with van der Waals surface area (Å²) in [5, 5.41) is 6.02. The summed E-state index contributed by atoms with van der Waals surface area (Å²) in [5.41, 5.74) is 8.30. The SMILES string of the molecule is Cc1cn([C@H]2CC(N=[N+]=[N-])[C@@H](COP(=O)(O)Nc3ccccc3)O2)c(=O)[nH]c1=O. The van der Waals surface area contributed by atoms with Crippen molar-refractivity contribution >= 4 is 13.4 Å². The van der Waals surface area contributed by atoms with Gasteiger partial charge in [-0.15, -0.1) is 0 Å². The van der Waals surface area contributed by atoms with Crippen LogP contribution in [0.15, 0.2) is 51.2 Å². The van der Waals surface area contributed by atoms with Crippen LogP contribution >= 0.6 is 7.75 Å². The van der Waals surface area contributed by atoms with E-state index in [1.54, 1.807) is 30.3 Å². The molecule has 4 atom stereocenters. The molecule has 0 radical (unpaired) electrons. The summed E-state index contributed by atoms with van der Waals surface area (Å²) >= 11 is 0. The predicted octanol–water partition coefficient (Wildman–Crippen LogP) is 2.04. The summed E-state index contributed by atoms with van der Waals surface area (Å²) in [6.07, 6.45) is -0.225. The maximum absolute atomic E-state index is 12.3. The van der Waals surface area contributed by atoms with Crippen molar-refractivity contribution in [3.8, 4) is 0 Å². The second-order valence-corrected chi connectivity index (χ2v) is 7.93. The average molecular weight is 422 g/mol. The minimum atomic E-state index is -4.21. The predicted molar refractivity (Wildman–Crippen MR) is 103 cm³/mol. The standard InChI is InChI=1S/C16H19N6O6P/c1-10-8-22(16(24)18-15(10)23)14-7-12(19-21-17)13(28-14)9-27-29(25,26)20-11-5-3-2-4-6-11/h2-6,8,12-14H,7,9H2,1H3,(H,18,23,24)(H2,20,25,26)/t12?,13-,14-/m1/s1. The van der Waals surface area contributed by atoms with E-state index < -0.39 is 37.4 Å². The van der Waals surface area contributed by atoms with Gasteiger partial charge in [-0.3, -0.25) is 24.0 Å². The summed E-state index contributed by atoms with van der Waals surface area (Å²) < 4.78 is 24.3. The van der Waals surface area contributed by atoms with Crippen molar-refractivity contribution in [2.45, 2.75) is 31.7 Å². The Kier molecular flexibility index (Phi) is 6.21. The van der Waals surface area contributed by atoms with Crippen molar-refractivity contribution in [3.63, 3.8) is 0 Å². The Morgan fingerprint density at radius 2 is 2.17 bits per heavy atom. The fourth-order valence-corrected chi connectivity index (χ4v) is 3.80. The van der Waals surface area contributed by atoms with Gasteiger partial charge in [0.1, 0.15) is 6.23 Å². The second kappa shape index (κ2) is 8.64. The van der Waals surface area contributed by atoms with Gasteiger partial charge in [0.05, 0.1) is 18.8 Å². The number of azide groups is 1. The van der Waals surface area contributed by atoms with E-state index in [-0.39, 0.29) is 13.0 Å². The highest BCUT2D eigenvalue weighted by Gasteiger charge is 2.38. The molecule has 1 aliphatic rings. The topological polar surface area (TPSA) is 171 Å². The Balaban J connectivity index is 1.72. The molecule has 154 valence electrons. The lowest BCUT2D eigenvalue weighted by molar-refractivity contribution is -0.0237. The number of aromatic amines is 1. The molecule has 1 aromatic carbocycles. The molecule has 1 aliphatic heterocycles.